The van der Waals surface area contributed by atoms with Gasteiger partial charge in [-0.2, -0.15) is 0 Å². The molecule has 14 heavy (non-hydrogen) atoms. The Labute approximate surface area is 84.2 Å². The zero-order valence-corrected chi connectivity index (χ0v) is 8.97. The number of nitrogens with zero attached hydrogens (tertiary/aromatic N) is 2. The number of nitro groups is 1. The van der Waals surface area contributed by atoms with Crippen LogP contribution in [0.25, 0.3) is 0 Å². The minimum atomic E-state index is -0.493. The van der Waals surface area contributed by atoms with Gasteiger partial charge >= 0.3 is 0 Å². The molecule has 1 fully saturated rings. The van der Waals surface area contributed by atoms with Gasteiger partial charge in [-0.25, -0.2) is 0 Å². The van der Waals surface area contributed by atoms with E-state index in [2.05, 4.69) is 4.90 Å². The van der Waals surface area contributed by atoms with E-state index >= 15 is 0 Å². The van der Waals surface area contributed by atoms with Crippen molar-refractivity contribution < 1.29 is 9.66 Å². The summed E-state index contributed by atoms with van der Waals surface area (Å²) in [5, 5.41) is 10.5. The van der Waals surface area contributed by atoms with E-state index in [9.17, 15) is 10.1 Å². The molecule has 0 amide bonds. The lowest BCUT2D eigenvalue weighted by molar-refractivity contribution is -0.518. The van der Waals surface area contributed by atoms with Crippen molar-refractivity contribution in [2.24, 2.45) is 0 Å². The van der Waals surface area contributed by atoms with Crippen molar-refractivity contribution in [3.63, 3.8) is 0 Å². The van der Waals surface area contributed by atoms with E-state index in [-0.39, 0.29) is 17.1 Å². The summed E-state index contributed by atoms with van der Waals surface area (Å²) in [5.41, 5.74) is 0. The Bertz CT molecular complexity index is 200. The fourth-order valence-corrected chi connectivity index (χ4v) is 1.87. The van der Waals surface area contributed by atoms with Gasteiger partial charge in [0.15, 0.2) is 0 Å². The molecule has 0 aromatic carbocycles. The van der Waals surface area contributed by atoms with Crippen LogP contribution in [0.2, 0.25) is 0 Å². The van der Waals surface area contributed by atoms with Gasteiger partial charge in [-0.3, -0.25) is 15.0 Å². The maximum absolute atomic E-state index is 10.5. The van der Waals surface area contributed by atoms with Gasteiger partial charge in [0, 0.05) is 24.9 Å². The van der Waals surface area contributed by atoms with Crippen molar-refractivity contribution in [2.75, 3.05) is 19.6 Å². The SMILES string of the molecule is CC1CN(CC(C)[N+](=O)[O-])CC(C)O1. The van der Waals surface area contributed by atoms with E-state index in [1.54, 1.807) is 6.92 Å². The van der Waals surface area contributed by atoms with Crippen molar-refractivity contribution in [1.82, 2.24) is 4.90 Å². The van der Waals surface area contributed by atoms with E-state index in [4.69, 9.17) is 4.74 Å². The molecule has 5 heteroatoms. The molecule has 1 heterocycles. The van der Waals surface area contributed by atoms with E-state index in [0.717, 1.165) is 13.1 Å². The third-order valence-corrected chi connectivity index (χ3v) is 2.38. The summed E-state index contributed by atoms with van der Waals surface area (Å²) in [6.07, 6.45) is 0.357. The quantitative estimate of drug-likeness (QED) is 0.501. The summed E-state index contributed by atoms with van der Waals surface area (Å²) in [5.74, 6) is 0. The van der Waals surface area contributed by atoms with Gasteiger partial charge in [-0.1, -0.05) is 0 Å². The second kappa shape index (κ2) is 4.70. The summed E-state index contributed by atoms with van der Waals surface area (Å²) >= 11 is 0. The van der Waals surface area contributed by atoms with Crippen molar-refractivity contribution in [1.29, 1.82) is 0 Å². The zero-order valence-electron chi connectivity index (χ0n) is 8.97. The van der Waals surface area contributed by atoms with Crippen LogP contribution in [0.5, 0.6) is 0 Å². The summed E-state index contributed by atoms with van der Waals surface area (Å²) in [6.45, 7) is 7.75. The molecule has 0 aromatic heterocycles. The second-order valence-corrected chi connectivity index (χ2v) is 4.11. The Hall–Kier alpha value is -0.680. The lowest BCUT2D eigenvalue weighted by Crippen LogP contribution is -2.48. The summed E-state index contributed by atoms with van der Waals surface area (Å²) in [4.78, 5) is 12.4. The Morgan fingerprint density at radius 2 is 2.00 bits per heavy atom. The molecule has 82 valence electrons. The Morgan fingerprint density at radius 3 is 2.43 bits per heavy atom. The van der Waals surface area contributed by atoms with Crippen LogP contribution in [0.15, 0.2) is 0 Å². The molecular weight excluding hydrogens is 184 g/mol. The van der Waals surface area contributed by atoms with E-state index in [0.29, 0.717) is 6.54 Å². The molecule has 1 rings (SSSR count). The molecule has 0 aromatic rings. The maximum Gasteiger partial charge on any atom is 0.222 e. The van der Waals surface area contributed by atoms with Crippen LogP contribution in [0.3, 0.4) is 0 Å². The van der Waals surface area contributed by atoms with Gasteiger partial charge in [0.05, 0.1) is 18.8 Å². The van der Waals surface area contributed by atoms with Crippen LogP contribution < -0.4 is 0 Å². The summed E-state index contributed by atoms with van der Waals surface area (Å²) in [7, 11) is 0. The molecule has 0 radical (unpaired) electrons. The van der Waals surface area contributed by atoms with Crippen molar-refractivity contribution >= 4 is 0 Å². The third kappa shape index (κ3) is 3.23. The maximum atomic E-state index is 10.5. The number of hydrogen-bond donors (Lipinski definition) is 0. The summed E-state index contributed by atoms with van der Waals surface area (Å²) in [6, 6.07) is -0.493. The topological polar surface area (TPSA) is 55.6 Å². The van der Waals surface area contributed by atoms with E-state index in [1.807, 2.05) is 13.8 Å². The van der Waals surface area contributed by atoms with E-state index in [1.165, 1.54) is 0 Å². The Kier molecular flexibility index (Phi) is 3.83. The van der Waals surface area contributed by atoms with Crippen LogP contribution in [0, 0.1) is 10.1 Å². The first-order valence-corrected chi connectivity index (χ1v) is 5.00. The van der Waals surface area contributed by atoms with Gasteiger partial charge in [-0.05, 0) is 13.8 Å². The van der Waals surface area contributed by atoms with Crippen LogP contribution in [0.4, 0.5) is 0 Å². The van der Waals surface area contributed by atoms with Crippen LogP contribution >= 0.6 is 0 Å². The predicted octanol–water partition coefficient (Wildman–Crippen LogP) is 0.761. The third-order valence-electron chi connectivity index (χ3n) is 2.38. The first-order chi connectivity index (χ1) is 6.49. The highest BCUT2D eigenvalue weighted by Gasteiger charge is 2.26. The van der Waals surface area contributed by atoms with Gasteiger partial charge < -0.3 is 4.74 Å². The molecule has 0 bridgehead atoms. The van der Waals surface area contributed by atoms with Crippen LogP contribution in [-0.2, 0) is 4.74 Å². The van der Waals surface area contributed by atoms with Crippen LogP contribution in [-0.4, -0.2) is 47.7 Å². The van der Waals surface area contributed by atoms with Crippen molar-refractivity contribution in [3.05, 3.63) is 10.1 Å². The van der Waals surface area contributed by atoms with Gasteiger partial charge in [-0.15, -0.1) is 0 Å². The first-order valence-electron chi connectivity index (χ1n) is 5.00. The standard InChI is InChI=1S/C9H18N2O3/c1-7(11(12)13)4-10-5-8(2)14-9(3)6-10/h7-9H,4-6H2,1-3H3. The largest absolute Gasteiger partial charge is 0.373 e. The van der Waals surface area contributed by atoms with Gasteiger partial charge in [0.25, 0.3) is 0 Å². The minimum Gasteiger partial charge on any atom is -0.373 e. The Morgan fingerprint density at radius 1 is 1.50 bits per heavy atom. The lowest BCUT2D eigenvalue weighted by atomic mass is 10.2. The van der Waals surface area contributed by atoms with E-state index < -0.39 is 6.04 Å². The molecule has 0 aliphatic carbocycles. The predicted molar refractivity (Wildman–Crippen MR) is 52.9 cm³/mol. The molecule has 0 spiro atoms. The van der Waals surface area contributed by atoms with Crippen LogP contribution in [0.1, 0.15) is 20.8 Å². The van der Waals surface area contributed by atoms with Gasteiger partial charge in [0.2, 0.25) is 6.04 Å². The fraction of sp³-hybridized carbons (Fsp3) is 1.00. The molecule has 5 nitrogen and oxygen atoms in total. The molecule has 1 saturated heterocycles. The highest BCUT2D eigenvalue weighted by Crippen LogP contribution is 2.11. The molecule has 3 atom stereocenters. The molecule has 0 saturated carbocycles. The second-order valence-electron chi connectivity index (χ2n) is 4.11. The number of rotatable bonds is 3. The number of hydrogen-bond acceptors (Lipinski definition) is 4. The van der Waals surface area contributed by atoms with Crippen molar-refractivity contribution in [3.8, 4) is 0 Å². The summed E-state index contributed by atoms with van der Waals surface area (Å²) < 4.78 is 5.55. The molecular formula is C9H18N2O3. The van der Waals surface area contributed by atoms with Crippen molar-refractivity contribution in [2.45, 2.75) is 39.0 Å². The highest BCUT2D eigenvalue weighted by atomic mass is 16.6. The normalized spacial score (nSPS) is 31.4. The van der Waals surface area contributed by atoms with Gasteiger partial charge in [0.1, 0.15) is 0 Å². The number of morpholine rings is 1. The zero-order chi connectivity index (χ0) is 10.7. The molecule has 1 aliphatic heterocycles. The minimum absolute atomic E-state index is 0.178. The average molecular weight is 202 g/mol. The smallest absolute Gasteiger partial charge is 0.222 e. The molecule has 3 unspecified atom stereocenters. The average Bonchev–Trinajstić information content (AvgIpc) is 2.01. The lowest BCUT2D eigenvalue weighted by Gasteiger charge is -2.35. The molecule has 0 N–H and O–H groups in total. The monoisotopic (exact) mass is 202 g/mol. The Balaban J connectivity index is 2.40. The highest BCUT2D eigenvalue weighted by molar-refractivity contribution is 4.74. The first kappa shape index (κ1) is 11.4. The fourth-order valence-electron chi connectivity index (χ4n) is 1.87. The number of ether oxygens (including phenoxy) is 1. The molecule has 1 aliphatic rings.